The third-order valence-electron chi connectivity index (χ3n) is 6.52. The van der Waals surface area contributed by atoms with Crippen molar-refractivity contribution in [3.8, 4) is 0 Å². The SMILES string of the molecule is C=C(C)[C@H](NC(=O)[C@@H](NC(=O)OC(C)(C)C)C(C)(C)C)C(=O)N1C[C@@H]2CCC[C@@H]2[C@H]1C(=O)OCC. The number of amides is 3. The maximum atomic E-state index is 13.7. The molecular weight excluding hydrogens is 450 g/mol. The van der Waals surface area contributed by atoms with E-state index in [1.807, 2.05) is 20.8 Å². The van der Waals surface area contributed by atoms with Gasteiger partial charge >= 0.3 is 12.1 Å². The van der Waals surface area contributed by atoms with Gasteiger partial charge in [-0.1, -0.05) is 33.8 Å². The average Bonchev–Trinajstić information content (AvgIpc) is 3.28. The molecule has 2 N–H and O–H groups in total. The molecule has 0 aromatic rings. The Morgan fingerprint density at radius 2 is 1.69 bits per heavy atom. The first-order chi connectivity index (χ1) is 16.1. The van der Waals surface area contributed by atoms with Crippen LogP contribution in [0.5, 0.6) is 0 Å². The quantitative estimate of drug-likeness (QED) is 0.416. The number of nitrogens with one attached hydrogen (secondary N) is 2. The van der Waals surface area contributed by atoms with Crippen molar-refractivity contribution >= 4 is 23.9 Å². The monoisotopic (exact) mass is 493 g/mol. The summed E-state index contributed by atoms with van der Waals surface area (Å²) in [6, 6.07) is -2.67. The fourth-order valence-corrected chi connectivity index (χ4v) is 4.95. The van der Waals surface area contributed by atoms with Crippen molar-refractivity contribution in [2.24, 2.45) is 17.3 Å². The van der Waals surface area contributed by atoms with Gasteiger partial charge in [0.25, 0.3) is 0 Å². The number of carbonyl (C=O) groups is 4. The van der Waals surface area contributed by atoms with Crippen molar-refractivity contribution < 1.29 is 28.7 Å². The minimum absolute atomic E-state index is 0.0654. The molecule has 0 unspecified atom stereocenters. The second-order valence-electron chi connectivity index (χ2n) is 11.8. The van der Waals surface area contributed by atoms with Gasteiger partial charge in [-0.05, 0) is 70.3 Å². The second kappa shape index (κ2) is 11.0. The molecule has 35 heavy (non-hydrogen) atoms. The van der Waals surface area contributed by atoms with Gasteiger partial charge in [-0.2, -0.15) is 0 Å². The normalized spacial score (nSPS) is 23.7. The zero-order chi connectivity index (χ0) is 26.7. The molecule has 1 aliphatic heterocycles. The highest BCUT2D eigenvalue weighted by molar-refractivity contribution is 5.95. The minimum Gasteiger partial charge on any atom is -0.464 e. The number of hydrogen-bond donors (Lipinski definition) is 2. The summed E-state index contributed by atoms with van der Waals surface area (Å²) in [4.78, 5) is 53.8. The van der Waals surface area contributed by atoms with Gasteiger partial charge in [-0.25, -0.2) is 9.59 Å². The fourth-order valence-electron chi connectivity index (χ4n) is 4.95. The maximum Gasteiger partial charge on any atom is 0.408 e. The maximum absolute atomic E-state index is 13.7. The standard InChI is InChI=1S/C26H43N3O6/c1-10-34-23(32)19-17-13-11-12-16(17)14-29(19)22(31)18(15(2)3)27-21(30)20(25(4,5)6)28-24(33)35-26(7,8)9/h16-20H,2,10-14H2,1,3-9H3,(H,27,30)(H,28,33)/t16-,17-,18-,19-,20+/m0/s1. The fraction of sp³-hybridized carbons (Fsp3) is 0.769. The van der Waals surface area contributed by atoms with E-state index in [9.17, 15) is 19.2 Å². The third kappa shape index (κ3) is 7.21. The van der Waals surface area contributed by atoms with Crippen molar-refractivity contribution in [3.63, 3.8) is 0 Å². The van der Waals surface area contributed by atoms with Crippen LogP contribution < -0.4 is 10.6 Å². The lowest BCUT2D eigenvalue weighted by atomic mass is 9.86. The molecule has 3 amide bonds. The molecule has 1 aliphatic carbocycles. The van der Waals surface area contributed by atoms with E-state index >= 15 is 0 Å². The molecule has 1 saturated carbocycles. The number of ether oxygens (including phenoxy) is 2. The van der Waals surface area contributed by atoms with Gasteiger partial charge in [0.05, 0.1) is 6.61 Å². The molecule has 0 radical (unpaired) electrons. The van der Waals surface area contributed by atoms with Gasteiger partial charge in [-0.3, -0.25) is 9.59 Å². The van der Waals surface area contributed by atoms with Crippen LogP contribution in [0.3, 0.4) is 0 Å². The molecular formula is C26H43N3O6. The number of carbonyl (C=O) groups excluding carboxylic acids is 4. The topological polar surface area (TPSA) is 114 Å². The van der Waals surface area contributed by atoms with E-state index in [-0.39, 0.29) is 24.3 Å². The van der Waals surface area contributed by atoms with Crippen molar-refractivity contribution in [2.45, 2.75) is 98.4 Å². The summed E-state index contributed by atoms with van der Waals surface area (Å²) in [6.45, 7) is 18.6. The number of alkyl carbamates (subject to hydrolysis) is 1. The highest BCUT2D eigenvalue weighted by Gasteiger charge is 2.51. The van der Waals surface area contributed by atoms with E-state index in [1.165, 1.54) is 0 Å². The van der Waals surface area contributed by atoms with E-state index in [0.717, 1.165) is 19.3 Å². The summed E-state index contributed by atoms with van der Waals surface area (Å²) in [6.07, 6.45) is 2.13. The summed E-state index contributed by atoms with van der Waals surface area (Å²) in [5.41, 5.74) is -0.954. The van der Waals surface area contributed by atoms with Gasteiger partial charge in [0.1, 0.15) is 23.7 Å². The largest absolute Gasteiger partial charge is 0.464 e. The lowest BCUT2D eigenvalue weighted by Gasteiger charge is -2.34. The predicted molar refractivity (Wildman–Crippen MR) is 132 cm³/mol. The Morgan fingerprint density at radius 1 is 1.06 bits per heavy atom. The van der Waals surface area contributed by atoms with Crippen LogP contribution in [0.2, 0.25) is 0 Å². The van der Waals surface area contributed by atoms with Crippen molar-refractivity contribution in [3.05, 3.63) is 12.2 Å². The molecule has 2 aliphatic rings. The van der Waals surface area contributed by atoms with Crippen LogP contribution in [0.25, 0.3) is 0 Å². The van der Waals surface area contributed by atoms with Crippen LogP contribution in [0, 0.1) is 17.3 Å². The van der Waals surface area contributed by atoms with Crippen LogP contribution in [0.4, 0.5) is 4.79 Å². The number of rotatable bonds is 7. The molecule has 0 spiro atoms. The second-order valence-corrected chi connectivity index (χ2v) is 11.8. The summed E-state index contributed by atoms with van der Waals surface area (Å²) in [7, 11) is 0. The van der Waals surface area contributed by atoms with E-state index in [1.54, 1.807) is 39.5 Å². The Bertz CT molecular complexity index is 841. The van der Waals surface area contributed by atoms with Crippen LogP contribution in [-0.4, -0.2) is 65.7 Å². The zero-order valence-corrected chi connectivity index (χ0v) is 22.5. The Labute approximate surface area is 209 Å². The number of hydrogen-bond acceptors (Lipinski definition) is 6. The van der Waals surface area contributed by atoms with E-state index < -0.39 is 47.1 Å². The third-order valence-corrected chi connectivity index (χ3v) is 6.52. The molecule has 1 saturated heterocycles. The predicted octanol–water partition coefficient (Wildman–Crippen LogP) is 3.18. The Hall–Kier alpha value is -2.58. The summed E-state index contributed by atoms with van der Waals surface area (Å²) in [5.74, 6) is -1.01. The smallest absolute Gasteiger partial charge is 0.408 e. The summed E-state index contributed by atoms with van der Waals surface area (Å²) in [5, 5.41) is 5.41. The van der Waals surface area contributed by atoms with E-state index in [2.05, 4.69) is 17.2 Å². The molecule has 2 rings (SSSR count). The van der Waals surface area contributed by atoms with E-state index in [0.29, 0.717) is 12.1 Å². The lowest BCUT2D eigenvalue weighted by molar-refractivity contribution is -0.155. The molecule has 5 atom stereocenters. The van der Waals surface area contributed by atoms with E-state index in [4.69, 9.17) is 9.47 Å². The molecule has 0 aromatic heterocycles. The van der Waals surface area contributed by atoms with Gasteiger partial charge in [-0.15, -0.1) is 0 Å². The first kappa shape index (κ1) is 28.7. The van der Waals surface area contributed by atoms with Gasteiger partial charge < -0.3 is 25.0 Å². The van der Waals surface area contributed by atoms with Crippen LogP contribution in [-0.2, 0) is 23.9 Å². The summed E-state index contributed by atoms with van der Waals surface area (Å²) < 4.78 is 10.6. The number of esters is 1. The molecule has 2 fully saturated rings. The van der Waals surface area contributed by atoms with Crippen molar-refractivity contribution in [2.75, 3.05) is 13.2 Å². The Morgan fingerprint density at radius 3 is 2.20 bits per heavy atom. The highest BCUT2D eigenvalue weighted by Crippen LogP contribution is 2.43. The minimum atomic E-state index is -1.04. The van der Waals surface area contributed by atoms with Crippen LogP contribution in [0.15, 0.2) is 12.2 Å². The van der Waals surface area contributed by atoms with Gasteiger partial charge in [0.2, 0.25) is 11.8 Å². The molecule has 9 nitrogen and oxygen atoms in total. The molecule has 1 heterocycles. The van der Waals surface area contributed by atoms with Crippen molar-refractivity contribution in [1.29, 1.82) is 0 Å². The number of likely N-dealkylation sites (tertiary alicyclic amines) is 1. The van der Waals surface area contributed by atoms with Crippen LogP contribution >= 0.6 is 0 Å². The number of nitrogens with zero attached hydrogens (tertiary/aromatic N) is 1. The average molecular weight is 494 g/mol. The molecule has 0 bridgehead atoms. The summed E-state index contributed by atoms with van der Waals surface area (Å²) >= 11 is 0. The molecule has 0 aromatic carbocycles. The Balaban J connectivity index is 2.24. The molecule has 198 valence electrons. The first-order valence-electron chi connectivity index (χ1n) is 12.5. The molecule has 9 heteroatoms. The number of fused-ring (bicyclic) bond motifs is 1. The van der Waals surface area contributed by atoms with Crippen molar-refractivity contribution in [1.82, 2.24) is 15.5 Å². The first-order valence-corrected chi connectivity index (χ1v) is 12.5. The Kier molecular flexibility index (Phi) is 9.00. The lowest BCUT2D eigenvalue weighted by Crippen LogP contribution is -2.59. The van der Waals surface area contributed by atoms with Gasteiger partial charge in [0.15, 0.2) is 0 Å². The van der Waals surface area contributed by atoms with Crippen LogP contribution in [0.1, 0.15) is 74.7 Å². The van der Waals surface area contributed by atoms with Gasteiger partial charge in [0, 0.05) is 6.54 Å². The zero-order valence-electron chi connectivity index (χ0n) is 22.5. The highest BCUT2D eigenvalue weighted by atomic mass is 16.6.